The van der Waals surface area contributed by atoms with Crippen molar-refractivity contribution in [1.82, 2.24) is 4.57 Å². The van der Waals surface area contributed by atoms with E-state index in [-0.39, 0.29) is 5.92 Å². The molecule has 1 aliphatic rings. The summed E-state index contributed by atoms with van der Waals surface area (Å²) in [5.74, 6) is 1.91. The average molecular weight is 404 g/mol. The predicted molar refractivity (Wildman–Crippen MR) is 124 cm³/mol. The third-order valence-corrected chi connectivity index (χ3v) is 6.41. The summed E-state index contributed by atoms with van der Waals surface area (Å²) in [6.07, 6.45) is 7.75. The normalized spacial score (nSPS) is 15.1. The predicted octanol–water partition coefficient (Wildman–Crippen LogP) is 6.92. The van der Waals surface area contributed by atoms with Crippen molar-refractivity contribution in [2.45, 2.75) is 65.3 Å². The molecule has 0 aliphatic heterocycles. The third kappa shape index (κ3) is 4.30. The van der Waals surface area contributed by atoms with Crippen LogP contribution in [0.25, 0.3) is 10.9 Å². The molecule has 0 bridgehead atoms. The lowest BCUT2D eigenvalue weighted by Crippen LogP contribution is -2.17. The number of hydrogen-bond donors (Lipinski definition) is 0. The topological polar surface area (TPSA) is 31.2 Å². The number of Topliss-reactive ketones (excluding diaryl/α,β-unsaturated/α-hetero) is 1. The maximum absolute atomic E-state index is 13.2. The van der Waals surface area contributed by atoms with E-state index in [9.17, 15) is 4.79 Å². The zero-order chi connectivity index (χ0) is 21.1. The molecule has 158 valence electrons. The first kappa shape index (κ1) is 20.7. The third-order valence-electron chi connectivity index (χ3n) is 6.41. The van der Waals surface area contributed by atoms with E-state index in [1.54, 1.807) is 0 Å². The number of rotatable bonds is 7. The second-order valence-electron chi connectivity index (χ2n) is 9.00. The molecule has 30 heavy (non-hydrogen) atoms. The number of benzene rings is 2. The molecule has 0 saturated heterocycles. The minimum absolute atomic E-state index is 0.190. The molecular weight excluding hydrogens is 370 g/mol. The van der Waals surface area contributed by atoms with Gasteiger partial charge in [-0.2, -0.15) is 0 Å². The van der Waals surface area contributed by atoms with E-state index in [4.69, 9.17) is 4.74 Å². The van der Waals surface area contributed by atoms with Gasteiger partial charge < -0.3 is 9.30 Å². The summed E-state index contributed by atoms with van der Waals surface area (Å²) in [5.41, 5.74) is 4.46. The molecule has 2 aromatic carbocycles. The van der Waals surface area contributed by atoms with Crippen LogP contribution in [0.15, 0.2) is 48.7 Å². The number of ether oxygens (including phenoxy) is 1. The fourth-order valence-corrected chi connectivity index (χ4v) is 4.71. The minimum atomic E-state index is 0.190. The number of nitrogens with zero attached hydrogens (tertiary/aromatic N) is 1. The zero-order valence-electron chi connectivity index (χ0n) is 18.5. The molecule has 3 heteroatoms. The average Bonchev–Trinajstić information content (AvgIpc) is 3.12. The van der Waals surface area contributed by atoms with Gasteiger partial charge in [-0.15, -0.1) is 0 Å². The van der Waals surface area contributed by atoms with Crippen LogP contribution in [0.1, 0.15) is 73.4 Å². The van der Waals surface area contributed by atoms with Crippen LogP contribution in [0.4, 0.5) is 0 Å². The molecule has 0 radical (unpaired) electrons. The summed E-state index contributed by atoms with van der Waals surface area (Å²) in [5, 5.41) is 1.08. The molecule has 3 nitrogen and oxygen atoms in total. The summed E-state index contributed by atoms with van der Waals surface area (Å²) in [6, 6.07) is 14.7. The van der Waals surface area contributed by atoms with Crippen molar-refractivity contribution in [1.29, 1.82) is 0 Å². The SMILES string of the molecule is Cc1ccc(C(C)C)c(OCCn2cc(C(=O)C3CCCCC3)c3ccccc32)c1. The fourth-order valence-electron chi connectivity index (χ4n) is 4.71. The largest absolute Gasteiger partial charge is 0.491 e. The van der Waals surface area contributed by atoms with Gasteiger partial charge in [-0.25, -0.2) is 0 Å². The second kappa shape index (κ2) is 9.07. The number of aryl methyl sites for hydroxylation is 1. The molecule has 1 aromatic heterocycles. The lowest BCUT2D eigenvalue weighted by atomic mass is 9.84. The standard InChI is InChI=1S/C27H33NO2/c1-19(2)22-14-13-20(3)17-26(22)30-16-15-28-18-24(23-11-7-8-12-25(23)28)27(29)21-9-5-4-6-10-21/h7-8,11-14,17-19,21H,4-6,9-10,15-16H2,1-3H3. The van der Waals surface area contributed by atoms with Gasteiger partial charge in [0.05, 0.1) is 6.54 Å². The van der Waals surface area contributed by atoms with Crippen LogP contribution in [0.2, 0.25) is 0 Å². The fraction of sp³-hybridized carbons (Fsp3) is 0.444. The number of para-hydroxylation sites is 1. The van der Waals surface area contributed by atoms with Gasteiger partial charge in [-0.05, 0) is 48.9 Å². The summed E-state index contributed by atoms with van der Waals surface area (Å²) in [7, 11) is 0. The molecule has 1 fully saturated rings. The number of ketones is 1. The summed E-state index contributed by atoms with van der Waals surface area (Å²) >= 11 is 0. The van der Waals surface area contributed by atoms with Crippen molar-refractivity contribution in [2.24, 2.45) is 5.92 Å². The molecule has 0 amide bonds. The molecule has 4 rings (SSSR count). The number of fused-ring (bicyclic) bond motifs is 1. The van der Waals surface area contributed by atoms with Crippen molar-refractivity contribution in [3.8, 4) is 5.75 Å². The van der Waals surface area contributed by atoms with Crippen LogP contribution in [-0.4, -0.2) is 17.0 Å². The van der Waals surface area contributed by atoms with Gasteiger partial charge >= 0.3 is 0 Å². The highest BCUT2D eigenvalue weighted by molar-refractivity contribution is 6.09. The number of carbonyl (C=O) groups excluding carboxylic acids is 1. The van der Waals surface area contributed by atoms with E-state index in [0.29, 0.717) is 18.3 Å². The number of carbonyl (C=O) groups is 1. The quantitative estimate of drug-likeness (QED) is 0.401. The van der Waals surface area contributed by atoms with Crippen molar-refractivity contribution < 1.29 is 9.53 Å². The Hall–Kier alpha value is -2.55. The zero-order valence-corrected chi connectivity index (χ0v) is 18.5. The summed E-state index contributed by atoms with van der Waals surface area (Å²) in [6.45, 7) is 7.79. The van der Waals surface area contributed by atoms with Crippen LogP contribution >= 0.6 is 0 Å². The Balaban J connectivity index is 1.54. The van der Waals surface area contributed by atoms with Crippen molar-refractivity contribution in [2.75, 3.05) is 6.61 Å². The molecule has 0 spiro atoms. The maximum atomic E-state index is 13.2. The van der Waals surface area contributed by atoms with Crippen molar-refractivity contribution in [3.05, 3.63) is 65.4 Å². The monoisotopic (exact) mass is 403 g/mol. The molecule has 0 unspecified atom stereocenters. The highest BCUT2D eigenvalue weighted by atomic mass is 16.5. The Morgan fingerprint density at radius 3 is 2.63 bits per heavy atom. The highest BCUT2D eigenvalue weighted by Gasteiger charge is 2.25. The van der Waals surface area contributed by atoms with E-state index in [1.807, 2.05) is 12.1 Å². The Kier molecular flexibility index (Phi) is 6.26. The van der Waals surface area contributed by atoms with E-state index in [2.05, 4.69) is 61.9 Å². The Bertz CT molecular complexity index is 1020. The number of hydrogen-bond acceptors (Lipinski definition) is 2. The molecule has 0 N–H and O–H groups in total. The first-order valence-electron chi connectivity index (χ1n) is 11.4. The van der Waals surface area contributed by atoms with Gasteiger partial charge in [-0.3, -0.25) is 4.79 Å². The van der Waals surface area contributed by atoms with Gasteiger partial charge in [0.15, 0.2) is 5.78 Å². The van der Waals surface area contributed by atoms with Gasteiger partial charge in [0.25, 0.3) is 0 Å². The molecule has 3 aromatic rings. The summed E-state index contributed by atoms with van der Waals surface area (Å²) in [4.78, 5) is 13.2. The summed E-state index contributed by atoms with van der Waals surface area (Å²) < 4.78 is 8.40. The first-order valence-corrected chi connectivity index (χ1v) is 11.4. The van der Waals surface area contributed by atoms with E-state index in [0.717, 1.165) is 41.6 Å². The van der Waals surface area contributed by atoms with Gasteiger partial charge in [0.1, 0.15) is 12.4 Å². The smallest absolute Gasteiger partial charge is 0.168 e. The molecular formula is C27H33NO2. The Morgan fingerprint density at radius 2 is 1.87 bits per heavy atom. The lowest BCUT2D eigenvalue weighted by molar-refractivity contribution is 0.0891. The van der Waals surface area contributed by atoms with Gasteiger partial charge in [0.2, 0.25) is 0 Å². The lowest BCUT2D eigenvalue weighted by Gasteiger charge is -2.19. The minimum Gasteiger partial charge on any atom is -0.491 e. The van der Waals surface area contributed by atoms with Crippen LogP contribution in [0.5, 0.6) is 5.75 Å². The van der Waals surface area contributed by atoms with Gasteiger partial charge in [-0.1, -0.05) is 63.4 Å². The molecule has 1 saturated carbocycles. The number of aromatic nitrogens is 1. The highest BCUT2D eigenvalue weighted by Crippen LogP contribution is 2.31. The Morgan fingerprint density at radius 1 is 1.10 bits per heavy atom. The molecule has 1 aliphatic carbocycles. The van der Waals surface area contributed by atoms with E-state index >= 15 is 0 Å². The van der Waals surface area contributed by atoms with Crippen LogP contribution < -0.4 is 4.74 Å². The van der Waals surface area contributed by atoms with E-state index < -0.39 is 0 Å². The van der Waals surface area contributed by atoms with Crippen molar-refractivity contribution >= 4 is 16.7 Å². The van der Waals surface area contributed by atoms with Crippen LogP contribution in [0, 0.1) is 12.8 Å². The van der Waals surface area contributed by atoms with E-state index in [1.165, 1.54) is 30.4 Å². The molecule has 0 atom stereocenters. The van der Waals surface area contributed by atoms with Crippen LogP contribution in [0.3, 0.4) is 0 Å². The van der Waals surface area contributed by atoms with Crippen molar-refractivity contribution in [3.63, 3.8) is 0 Å². The van der Waals surface area contributed by atoms with Crippen LogP contribution in [-0.2, 0) is 6.54 Å². The first-order chi connectivity index (χ1) is 14.5. The second-order valence-corrected chi connectivity index (χ2v) is 9.00. The van der Waals surface area contributed by atoms with Gasteiger partial charge in [0, 0.05) is 28.6 Å². The Labute approximate surface area is 180 Å². The maximum Gasteiger partial charge on any atom is 0.168 e. The molecule has 1 heterocycles.